The number of pyridine rings is 1. The molecule has 0 fully saturated rings. The van der Waals surface area contributed by atoms with Crippen molar-refractivity contribution in [2.45, 2.75) is 27.0 Å². The first-order valence-corrected chi connectivity index (χ1v) is 8.68. The van der Waals surface area contributed by atoms with Crippen LogP contribution in [0.25, 0.3) is 0 Å². The summed E-state index contributed by atoms with van der Waals surface area (Å²) in [5, 5.41) is 2.86. The van der Waals surface area contributed by atoms with Crippen LogP contribution < -0.4 is 10.1 Å². The van der Waals surface area contributed by atoms with Crippen LogP contribution in [0, 0.1) is 19.7 Å². The summed E-state index contributed by atoms with van der Waals surface area (Å²) in [6.45, 7) is 4.60. The topological polar surface area (TPSA) is 51.2 Å². The smallest absolute Gasteiger partial charge is 0.251 e. The second kappa shape index (κ2) is 8.45. The van der Waals surface area contributed by atoms with Crippen molar-refractivity contribution in [3.63, 3.8) is 0 Å². The Hall–Kier alpha value is -3.21. The van der Waals surface area contributed by atoms with Gasteiger partial charge in [-0.1, -0.05) is 18.2 Å². The Morgan fingerprint density at radius 1 is 1.07 bits per heavy atom. The largest absolute Gasteiger partial charge is 0.488 e. The molecule has 0 saturated heterocycles. The summed E-state index contributed by atoms with van der Waals surface area (Å²) in [4.78, 5) is 16.5. The predicted molar refractivity (Wildman–Crippen MR) is 102 cm³/mol. The van der Waals surface area contributed by atoms with Gasteiger partial charge in [-0.3, -0.25) is 9.78 Å². The van der Waals surface area contributed by atoms with Crippen LogP contribution in [-0.4, -0.2) is 10.9 Å². The Balaban J connectivity index is 1.66. The standard InChI is InChI=1S/C22H21FN2O2/c1-15-10-19(22(26)25-13-17-5-7-20(23)8-6-17)11-16(2)21(15)27-14-18-4-3-9-24-12-18/h3-12H,13-14H2,1-2H3,(H,25,26). The van der Waals surface area contributed by atoms with Crippen molar-refractivity contribution in [3.05, 3.63) is 94.6 Å². The van der Waals surface area contributed by atoms with E-state index in [-0.39, 0.29) is 11.7 Å². The molecule has 1 heterocycles. The summed E-state index contributed by atoms with van der Waals surface area (Å²) in [6, 6.07) is 13.5. The third-order valence-corrected chi connectivity index (χ3v) is 4.19. The molecule has 138 valence electrons. The summed E-state index contributed by atoms with van der Waals surface area (Å²) in [7, 11) is 0. The Bertz CT molecular complexity index is 902. The van der Waals surface area contributed by atoms with Crippen molar-refractivity contribution >= 4 is 5.91 Å². The molecule has 0 unspecified atom stereocenters. The average Bonchev–Trinajstić information content (AvgIpc) is 2.67. The quantitative estimate of drug-likeness (QED) is 0.708. The molecule has 3 rings (SSSR count). The molecule has 2 aromatic carbocycles. The zero-order valence-corrected chi connectivity index (χ0v) is 15.3. The van der Waals surface area contributed by atoms with Gasteiger partial charge in [0.05, 0.1) is 0 Å². The lowest BCUT2D eigenvalue weighted by atomic mass is 10.0. The van der Waals surface area contributed by atoms with Crippen LogP contribution in [0.1, 0.15) is 32.6 Å². The number of hydrogen-bond donors (Lipinski definition) is 1. The van der Waals surface area contributed by atoms with Gasteiger partial charge in [-0.25, -0.2) is 4.39 Å². The van der Waals surface area contributed by atoms with Crippen molar-refractivity contribution in [1.29, 1.82) is 0 Å². The number of benzene rings is 2. The first kappa shape index (κ1) is 18.6. The molecule has 0 aliphatic heterocycles. The summed E-state index contributed by atoms with van der Waals surface area (Å²) < 4.78 is 18.9. The number of amides is 1. The maximum absolute atomic E-state index is 12.9. The lowest BCUT2D eigenvalue weighted by Gasteiger charge is -2.14. The minimum atomic E-state index is -0.293. The van der Waals surface area contributed by atoms with E-state index in [0.717, 1.165) is 28.0 Å². The van der Waals surface area contributed by atoms with Gasteiger partial charge >= 0.3 is 0 Å². The lowest BCUT2D eigenvalue weighted by Crippen LogP contribution is -2.23. The van der Waals surface area contributed by atoms with Crippen LogP contribution >= 0.6 is 0 Å². The van der Waals surface area contributed by atoms with E-state index in [1.807, 2.05) is 38.1 Å². The van der Waals surface area contributed by atoms with Gasteiger partial charge in [0.2, 0.25) is 0 Å². The van der Waals surface area contributed by atoms with Gasteiger partial charge in [0, 0.05) is 30.1 Å². The van der Waals surface area contributed by atoms with E-state index in [4.69, 9.17) is 4.74 Å². The van der Waals surface area contributed by atoms with E-state index >= 15 is 0 Å². The summed E-state index contributed by atoms with van der Waals surface area (Å²) in [5.41, 5.74) is 4.18. The molecule has 0 bridgehead atoms. The van der Waals surface area contributed by atoms with E-state index in [0.29, 0.717) is 18.7 Å². The van der Waals surface area contributed by atoms with Crippen LogP contribution in [0.2, 0.25) is 0 Å². The number of aryl methyl sites for hydroxylation is 2. The van der Waals surface area contributed by atoms with Crippen LogP contribution in [0.5, 0.6) is 5.75 Å². The molecule has 4 nitrogen and oxygen atoms in total. The highest BCUT2D eigenvalue weighted by Crippen LogP contribution is 2.26. The monoisotopic (exact) mass is 364 g/mol. The van der Waals surface area contributed by atoms with Gasteiger partial charge in [0.15, 0.2) is 0 Å². The first-order valence-electron chi connectivity index (χ1n) is 8.68. The molecule has 0 saturated carbocycles. The van der Waals surface area contributed by atoms with Crippen molar-refractivity contribution in [1.82, 2.24) is 10.3 Å². The molecule has 0 aliphatic carbocycles. The molecule has 0 aliphatic rings. The highest BCUT2D eigenvalue weighted by atomic mass is 19.1. The van der Waals surface area contributed by atoms with Crippen molar-refractivity contribution < 1.29 is 13.9 Å². The van der Waals surface area contributed by atoms with Crippen LogP contribution in [0.3, 0.4) is 0 Å². The van der Waals surface area contributed by atoms with E-state index in [1.165, 1.54) is 12.1 Å². The van der Waals surface area contributed by atoms with Gasteiger partial charge in [0.25, 0.3) is 5.91 Å². The number of carbonyl (C=O) groups excluding carboxylic acids is 1. The molecule has 27 heavy (non-hydrogen) atoms. The fourth-order valence-corrected chi connectivity index (χ4v) is 2.83. The minimum Gasteiger partial charge on any atom is -0.488 e. The van der Waals surface area contributed by atoms with Crippen molar-refractivity contribution in [2.24, 2.45) is 0 Å². The Morgan fingerprint density at radius 3 is 2.41 bits per heavy atom. The number of ether oxygens (including phenoxy) is 1. The fraction of sp³-hybridized carbons (Fsp3) is 0.182. The number of carbonyl (C=O) groups is 1. The highest BCUT2D eigenvalue weighted by Gasteiger charge is 2.12. The van der Waals surface area contributed by atoms with E-state index in [1.54, 1.807) is 24.5 Å². The van der Waals surface area contributed by atoms with Crippen molar-refractivity contribution in [3.8, 4) is 5.75 Å². The number of nitrogens with one attached hydrogen (secondary N) is 1. The molecule has 0 spiro atoms. The van der Waals surface area contributed by atoms with E-state index in [2.05, 4.69) is 10.3 Å². The zero-order chi connectivity index (χ0) is 19.2. The highest BCUT2D eigenvalue weighted by molar-refractivity contribution is 5.94. The Morgan fingerprint density at radius 2 is 1.78 bits per heavy atom. The maximum Gasteiger partial charge on any atom is 0.251 e. The summed E-state index contributed by atoms with van der Waals surface area (Å²) in [6.07, 6.45) is 3.49. The second-order valence-corrected chi connectivity index (χ2v) is 6.40. The molecule has 1 amide bonds. The zero-order valence-electron chi connectivity index (χ0n) is 15.3. The maximum atomic E-state index is 12.9. The fourth-order valence-electron chi connectivity index (χ4n) is 2.83. The third-order valence-electron chi connectivity index (χ3n) is 4.19. The van der Waals surface area contributed by atoms with Crippen LogP contribution in [-0.2, 0) is 13.2 Å². The predicted octanol–water partition coefficient (Wildman–Crippen LogP) is 4.35. The molecule has 0 atom stereocenters. The SMILES string of the molecule is Cc1cc(C(=O)NCc2ccc(F)cc2)cc(C)c1OCc1cccnc1. The first-order chi connectivity index (χ1) is 13.0. The average molecular weight is 364 g/mol. The molecule has 3 aromatic rings. The second-order valence-electron chi connectivity index (χ2n) is 6.40. The lowest BCUT2D eigenvalue weighted by molar-refractivity contribution is 0.0950. The number of halogens is 1. The van der Waals surface area contributed by atoms with Gasteiger partial charge in [-0.05, 0) is 60.9 Å². The summed E-state index contributed by atoms with van der Waals surface area (Å²) >= 11 is 0. The van der Waals surface area contributed by atoms with Gasteiger partial charge in [-0.2, -0.15) is 0 Å². The van der Waals surface area contributed by atoms with E-state index in [9.17, 15) is 9.18 Å². The van der Waals surface area contributed by atoms with Crippen LogP contribution in [0.4, 0.5) is 4.39 Å². The van der Waals surface area contributed by atoms with Gasteiger partial charge < -0.3 is 10.1 Å². The third kappa shape index (κ3) is 4.91. The van der Waals surface area contributed by atoms with Gasteiger partial charge in [0.1, 0.15) is 18.2 Å². The normalized spacial score (nSPS) is 10.5. The molecule has 5 heteroatoms. The molecular formula is C22H21FN2O2. The molecule has 1 N–H and O–H groups in total. The van der Waals surface area contributed by atoms with Crippen molar-refractivity contribution in [2.75, 3.05) is 0 Å². The minimum absolute atomic E-state index is 0.177. The molecule has 1 aromatic heterocycles. The van der Waals surface area contributed by atoms with E-state index < -0.39 is 0 Å². The van der Waals surface area contributed by atoms with Gasteiger partial charge in [-0.15, -0.1) is 0 Å². The number of hydrogen-bond acceptors (Lipinski definition) is 3. The van der Waals surface area contributed by atoms with Crippen LogP contribution in [0.15, 0.2) is 60.9 Å². The molecular weight excluding hydrogens is 343 g/mol. The number of aromatic nitrogens is 1. The summed E-state index contributed by atoms with van der Waals surface area (Å²) in [5.74, 6) is 0.302. The Kier molecular flexibility index (Phi) is 5.81. The number of nitrogens with zero attached hydrogens (tertiary/aromatic N) is 1. The number of rotatable bonds is 6. The Labute approximate surface area is 158 Å². The molecule has 0 radical (unpaired) electrons.